The van der Waals surface area contributed by atoms with Gasteiger partial charge in [0.2, 0.25) is 0 Å². The lowest BCUT2D eigenvalue weighted by molar-refractivity contribution is -0.136. The van der Waals surface area contributed by atoms with E-state index in [-0.39, 0.29) is 5.57 Å². The van der Waals surface area contributed by atoms with Crippen molar-refractivity contribution in [3.8, 4) is 0 Å². The van der Waals surface area contributed by atoms with E-state index in [9.17, 15) is 4.79 Å². The molecule has 14 heavy (non-hydrogen) atoms. The molecule has 68 valence electrons. The van der Waals surface area contributed by atoms with Gasteiger partial charge in [-0.1, -0.05) is 35.5 Å². The van der Waals surface area contributed by atoms with Crippen molar-refractivity contribution < 1.29 is 9.63 Å². The smallest absolute Gasteiger partial charge is 0.311 e. The summed E-state index contributed by atoms with van der Waals surface area (Å²) in [5.74, 6) is -0.543. The Morgan fingerprint density at radius 2 is 2.00 bits per heavy atom. The van der Waals surface area contributed by atoms with Crippen LogP contribution in [0.25, 0.3) is 0 Å². The minimum Gasteiger partial charge on any atom is -0.311 e. The van der Waals surface area contributed by atoms with Crippen LogP contribution in [0.2, 0.25) is 0 Å². The average Bonchev–Trinajstić information content (AvgIpc) is 2.61. The number of hydrogen-bond donors (Lipinski definition) is 0. The minimum absolute atomic E-state index is 0.214. The Hall–Kier alpha value is -1.77. The second-order valence-corrected chi connectivity index (χ2v) is 2.87. The first kappa shape index (κ1) is 8.81. The highest BCUT2D eigenvalue weighted by molar-refractivity contribution is 7.78. The highest BCUT2D eigenvalue weighted by Crippen LogP contribution is 2.15. The molecule has 0 saturated carbocycles. The molecule has 4 heteroatoms. The van der Waals surface area contributed by atoms with Gasteiger partial charge in [-0.15, -0.1) is 0 Å². The molecular weight excluding hydrogens is 198 g/mol. The van der Waals surface area contributed by atoms with Gasteiger partial charge >= 0.3 is 5.97 Å². The summed E-state index contributed by atoms with van der Waals surface area (Å²) in [4.78, 5) is 15.6. The van der Waals surface area contributed by atoms with Crippen LogP contribution < -0.4 is 0 Å². The van der Waals surface area contributed by atoms with E-state index in [0.29, 0.717) is 5.71 Å². The molecule has 0 radical (unpaired) electrons. The van der Waals surface area contributed by atoms with Crippen molar-refractivity contribution in [2.24, 2.45) is 5.16 Å². The molecule has 0 amide bonds. The first-order chi connectivity index (χ1) is 6.83. The molecule has 0 unspecified atom stereocenters. The topological polar surface area (TPSA) is 38.7 Å². The zero-order chi connectivity index (χ0) is 9.97. The fourth-order valence-electron chi connectivity index (χ4n) is 1.16. The number of benzene rings is 1. The summed E-state index contributed by atoms with van der Waals surface area (Å²) < 4.78 is 0. The largest absolute Gasteiger partial charge is 0.376 e. The van der Waals surface area contributed by atoms with Crippen molar-refractivity contribution in [1.82, 2.24) is 0 Å². The summed E-state index contributed by atoms with van der Waals surface area (Å²) in [6, 6.07) is 9.23. The highest BCUT2D eigenvalue weighted by Gasteiger charge is 2.26. The molecule has 1 aromatic rings. The summed E-state index contributed by atoms with van der Waals surface area (Å²) in [6.45, 7) is 0. The first-order valence-corrected chi connectivity index (χ1v) is 4.34. The second kappa shape index (κ2) is 3.54. The summed E-state index contributed by atoms with van der Waals surface area (Å²) in [7, 11) is 0. The van der Waals surface area contributed by atoms with Gasteiger partial charge < -0.3 is 4.84 Å². The summed E-state index contributed by atoms with van der Waals surface area (Å²) in [5.41, 5.74) is 1.46. The Balaban J connectivity index is 2.48. The first-order valence-electron chi connectivity index (χ1n) is 3.93. The lowest BCUT2D eigenvalue weighted by Gasteiger charge is -1.95. The Labute approximate surface area is 85.7 Å². The SMILES string of the molecule is O=C1ON=C(c2ccccc2)C1=C=S. The predicted octanol–water partition coefficient (Wildman–Crippen LogP) is 1.47. The van der Waals surface area contributed by atoms with Gasteiger partial charge in [0.05, 0.1) is 0 Å². The lowest BCUT2D eigenvalue weighted by atomic mass is 10.1. The fourth-order valence-corrected chi connectivity index (χ4v) is 1.34. The third kappa shape index (κ3) is 1.37. The third-order valence-electron chi connectivity index (χ3n) is 1.81. The van der Waals surface area contributed by atoms with Crippen LogP contribution in [-0.4, -0.2) is 16.7 Å². The molecule has 1 aromatic carbocycles. The minimum atomic E-state index is -0.543. The van der Waals surface area contributed by atoms with E-state index >= 15 is 0 Å². The molecule has 1 heterocycles. The molecule has 0 aliphatic carbocycles. The molecule has 0 saturated heterocycles. The maximum atomic E-state index is 11.1. The van der Waals surface area contributed by atoms with Gasteiger partial charge in [-0.25, -0.2) is 4.79 Å². The Kier molecular flexibility index (Phi) is 2.23. The summed E-state index contributed by atoms with van der Waals surface area (Å²) in [6.07, 6.45) is 0. The quantitative estimate of drug-likeness (QED) is 0.394. The highest BCUT2D eigenvalue weighted by atomic mass is 32.1. The van der Waals surface area contributed by atoms with Crippen molar-refractivity contribution in [3.05, 3.63) is 41.5 Å². The zero-order valence-electron chi connectivity index (χ0n) is 7.06. The zero-order valence-corrected chi connectivity index (χ0v) is 7.88. The molecule has 3 nitrogen and oxygen atoms in total. The van der Waals surface area contributed by atoms with E-state index in [0.717, 1.165) is 5.56 Å². The Bertz CT molecular complexity index is 458. The normalized spacial score (nSPS) is 14.7. The number of nitrogens with zero attached hydrogens (tertiary/aromatic N) is 1. The van der Waals surface area contributed by atoms with Crippen LogP contribution in [0.3, 0.4) is 0 Å². The van der Waals surface area contributed by atoms with Gasteiger partial charge in [0.1, 0.15) is 11.3 Å². The van der Waals surface area contributed by atoms with Crippen LogP contribution in [-0.2, 0) is 9.63 Å². The van der Waals surface area contributed by atoms with Gasteiger partial charge in [0.25, 0.3) is 0 Å². The van der Waals surface area contributed by atoms with Crippen LogP contribution in [0.4, 0.5) is 0 Å². The number of oxime groups is 1. The van der Waals surface area contributed by atoms with E-state index in [2.05, 4.69) is 27.2 Å². The van der Waals surface area contributed by atoms with E-state index in [1.807, 2.05) is 30.3 Å². The fraction of sp³-hybridized carbons (Fsp3) is 0. The van der Waals surface area contributed by atoms with Crippen molar-refractivity contribution in [1.29, 1.82) is 0 Å². The molecule has 0 bridgehead atoms. The molecule has 1 aliphatic heterocycles. The standard InChI is InChI=1S/C10H5NO2S/c12-10-8(6-14)9(11-13-10)7-4-2-1-3-5-7/h1-5H. The van der Waals surface area contributed by atoms with Crippen molar-refractivity contribution >= 4 is 28.9 Å². The molecular formula is C10H5NO2S. The Morgan fingerprint density at radius 3 is 2.64 bits per heavy atom. The molecule has 0 spiro atoms. The van der Waals surface area contributed by atoms with Crippen molar-refractivity contribution in [2.75, 3.05) is 0 Å². The van der Waals surface area contributed by atoms with Crippen molar-refractivity contribution in [2.45, 2.75) is 0 Å². The van der Waals surface area contributed by atoms with Gasteiger partial charge in [-0.2, -0.15) is 0 Å². The van der Waals surface area contributed by atoms with E-state index < -0.39 is 5.97 Å². The number of rotatable bonds is 1. The number of hydrogen-bond acceptors (Lipinski definition) is 4. The van der Waals surface area contributed by atoms with Gasteiger partial charge in [0.15, 0.2) is 0 Å². The van der Waals surface area contributed by atoms with Crippen LogP contribution in [0.5, 0.6) is 0 Å². The Morgan fingerprint density at radius 1 is 1.29 bits per heavy atom. The van der Waals surface area contributed by atoms with E-state index in [1.54, 1.807) is 0 Å². The van der Waals surface area contributed by atoms with Crippen LogP contribution in [0.1, 0.15) is 5.56 Å². The van der Waals surface area contributed by atoms with Gasteiger partial charge in [0, 0.05) is 5.56 Å². The van der Waals surface area contributed by atoms with Gasteiger partial charge in [-0.3, -0.25) is 0 Å². The lowest BCUT2D eigenvalue weighted by Crippen LogP contribution is -2.06. The van der Waals surface area contributed by atoms with E-state index in [1.165, 1.54) is 0 Å². The maximum absolute atomic E-state index is 11.1. The average molecular weight is 203 g/mol. The van der Waals surface area contributed by atoms with Crippen LogP contribution in [0, 0.1) is 0 Å². The summed E-state index contributed by atoms with van der Waals surface area (Å²) in [5, 5.41) is 6.00. The molecule has 1 aliphatic rings. The molecule has 2 rings (SSSR count). The van der Waals surface area contributed by atoms with Gasteiger partial charge in [-0.05, 0) is 17.2 Å². The predicted molar refractivity (Wildman–Crippen MR) is 55.2 cm³/mol. The van der Waals surface area contributed by atoms with Crippen LogP contribution >= 0.6 is 12.2 Å². The molecule has 0 aromatic heterocycles. The summed E-state index contributed by atoms with van der Waals surface area (Å²) >= 11 is 4.60. The number of carbonyl (C=O) groups is 1. The molecule has 0 N–H and O–H groups in total. The number of thiocarbonyl (C=S) groups is 1. The molecule has 0 fully saturated rings. The second-order valence-electron chi connectivity index (χ2n) is 2.66. The van der Waals surface area contributed by atoms with Crippen molar-refractivity contribution in [3.63, 3.8) is 0 Å². The monoisotopic (exact) mass is 203 g/mol. The van der Waals surface area contributed by atoms with E-state index in [4.69, 9.17) is 0 Å². The van der Waals surface area contributed by atoms with Crippen LogP contribution in [0.15, 0.2) is 41.1 Å². The maximum Gasteiger partial charge on any atom is 0.376 e. The third-order valence-corrected chi connectivity index (χ3v) is 2.01. The number of carbonyl (C=O) groups excluding carboxylic acids is 1. The molecule has 0 atom stereocenters.